The first-order valence-corrected chi connectivity index (χ1v) is 5.27. The Morgan fingerprint density at radius 1 is 1.11 bits per heavy atom. The van der Waals surface area contributed by atoms with E-state index in [1.807, 2.05) is 0 Å². The summed E-state index contributed by atoms with van der Waals surface area (Å²) in [5.74, 6) is -1.65. The fourth-order valence-electron chi connectivity index (χ4n) is 1.58. The first-order valence-electron chi connectivity index (χ1n) is 4.89. The normalized spacial score (nSPS) is 10.4. The molecular formula is C12H6ClF2NO2. The van der Waals surface area contributed by atoms with E-state index in [4.69, 9.17) is 11.6 Å². The van der Waals surface area contributed by atoms with Gasteiger partial charge in [-0.1, -0.05) is 17.7 Å². The SMILES string of the molecule is O=[N+]([O-])c1ccc(-c2c(F)cccc2Cl)cc1F. The van der Waals surface area contributed by atoms with Crippen LogP contribution in [0.15, 0.2) is 36.4 Å². The van der Waals surface area contributed by atoms with Crippen LogP contribution in [0.3, 0.4) is 0 Å². The molecule has 0 fully saturated rings. The molecule has 0 heterocycles. The van der Waals surface area contributed by atoms with Crippen molar-refractivity contribution in [2.45, 2.75) is 0 Å². The third kappa shape index (κ3) is 2.17. The number of hydrogen-bond acceptors (Lipinski definition) is 2. The Kier molecular flexibility index (Phi) is 3.25. The molecule has 2 aromatic carbocycles. The Hall–Kier alpha value is -2.01. The second-order valence-electron chi connectivity index (χ2n) is 3.52. The van der Waals surface area contributed by atoms with Crippen LogP contribution in [0.2, 0.25) is 5.02 Å². The second kappa shape index (κ2) is 4.70. The average Bonchev–Trinajstić information content (AvgIpc) is 2.28. The van der Waals surface area contributed by atoms with Gasteiger partial charge in [-0.2, -0.15) is 4.39 Å². The number of nitro groups is 1. The van der Waals surface area contributed by atoms with Gasteiger partial charge in [0, 0.05) is 11.6 Å². The molecule has 0 bridgehead atoms. The summed E-state index contributed by atoms with van der Waals surface area (Å²) in [5, 5.41) is 10.6. The Morgan fingerprint density at radius 3 is 2.39 bits per heavy atom. The van der Waals surface area contributed by atoms with Crippen LogP contribution in [0.5, 0.6) is 0 Å². The van der Waals surface area contributed by atoms with E-state index in [0.717, 1.165) is 12.1 Å². The highest BCUT2D eigenvalue weighted by Gasteiger charge is 2.17. The van der Waals surface area contributed by atoms with Crippen molar-refractivity contribution in [3.8, 4) is 11.1 Å². The predicted octanol–water partition coefficient (Wildman–Crippen LogP) is 4.19. The van der Waals surface area contributed by atoms with Crippen molar-refractivity contribution in [1.82, 2.24) is 0 Å². The molecule has 0 saturated carbocycles. The largest absolute Gasteiger partial charge is 0.304 e. The molecule has 0 unspecified atom stereocenters. The number of rotatable bonds is 2. The van der Waals surface area contributed by atoms with Gasteiger partial charge in [0.25, 0.3) is 0 Å². The minimum Gasteiger partial charge on any atom is -0.258 e. The molecule has 0 spiro atoms. The van der Waals surface area contributed by atoms with Gasteiger partial charge >= 0.3 is 5.69 Å². The number of hydrogen-bond donors (Lipinski definition) is 0. The zero-order valence-corrected chi connectivity index (χ0v) is 9.62. The van der Waals surface area contributed by atoms with E-state index in [1.54, 1.807) is 0 Å². The number of nitro benzene ring substituents is 1. The summed E-state index contributed by atoms with van der Waals surface area (Å²) in [6.45, 7) is 0. The van der Waals surface area contributed by atoms with Crippen molar-refractivity contribution in [2.24, 2.45) is 0 Å². The van der Waals surface area contributed by atoms with Crippen LogP contribution in [0, 0.1) is 21.7 Å². The first kappa shape index (κ1) is 12.4. The van der Waals surface area contributed by atoms with Gasteiger partial charge in [-0.3, -0.25) is 10.1 Å². The number of benzene rings is 2. The average molecular weight is 270 g/mol. The van der Waals surface area contributed by atoms with Crippen molar-refractivity contribution in [2.75, 3.05) is 0 Å². The molecule has 0 aliphatic heterocycles. The molecule has 0 saturated heterocycles. The molecule has 92 valence electrons. The summed E-state index contributed by atoms with van der Waals surface area (Å²) in [6, 6.07) is 7.18. The molecule has 0 N–H and O–H groups in total. The molecule has 3 nitrogen and oxygen atoms in total. The summed E-state index contributed by atoms with van der Waals surface area (Å²) >= 11 is 5.82. The molecule has 0 aromatic heterocycles. The third-order valence-electron chi connectivity index (χ3n) is 2.40. The van der Waals surface area contributed by atoms with Crippen LogP contribution in [-0.2, 0) is 0 Å². The summed E-state index contributed by atoms with van der Waals surface area (Å²) in [5.41, 5.74) is -0.486. The number of halogens is 3. The predicted molar refractivity (Wildman–Crippen MR) is 63.5 cm³/mol. The molecule has 18 heavy (non-hydrogen) atoms. The Labute approximate surface area is 106 Å². The Bertz CT molecular complexity index is 611. The van der Waals surface area contributed by atoms with E-state index < -0.39 is 22.2 Å². The van der Waals surface area contributed by atoms with Crippen molar-refractivity contribution in [3.05, 3.63) is 63.2 Å². The standard InChI is InChI=1S/C12H6ClF2NO2/c13-8-2-1-3-9(14)12(8)7-4-5-11(16(17)18)10(15)6-7/h1-6H. The lowest BCUT2D eigenvalue weighted by atomic mass is 10.0. The summed E-state index contributed by atoms with van der Waals surface area (Å²) in [6.07, 6.45) is 0. The van der Waals surface area contributed by atoms with Gasteiger partial charge in [0.2, 0.25) is 5.82 Å². The van der Waals surface area contributed by atoms with E-state index in [1.165, 1.54) is 24.3 Å². The lowest BCUT2D eigenvalue weighted by Crippen LogP contribution is -1.93. The maximum Gasteiger partial charge on any atom is 0.304 e. The Morgan fingerprint density at radius 2 is 1.83 bits per heavy atom. The van der Waals surface area contributed by atoms with Gasteiger partial charge in [-0.15, -0.1) is 0 Å². The fourth-order valence-corrected chi connectivity index (χ4v) is 1.86. The maximum atomic E-state index is 13.6. The summed E-state index contributed by atoms with van der Waals surface area (Å²) in [7, 11) is 0. The molecule has 0 aliphatic carbocycles. The minimum atomic E-state index is -1.03. The molecule has 0 radical (unpaired) electrons. The van der Waals surface area contributed by atoms with Crippen LogP contribution in [0.25, 0.3) is 11.1 Å². The highest BCUT2D eigenvalue weighted by atomic mass is 35.5. The highest BCUT2D eigenvalue weighted by Crippen LogP contribution is 2.32. The number of nitrogens with zero attached hydrogens (tertiary/aromatic N) is 1. The van der Waals surface area contributed by atoms with Gasteiger partial charge in [0.05, 0.1) is 9.95 Å². The smallest absolute Gasteiger partial charge is 0.258 e. The van der Waals surface area contributed by atoms with E-state index >= 15 is 0 Å². The molecule has 0 aliphatic rings. The van der Waals surface area contributed by atoms with Gasteiger partial charge in [-0.25, -0.2) is 4.39 Å². The van der Waals surface area contributed by atoms with Gasteiger partial charge in [-0.05, 0) is 29.8 Å². The highest BCUT2D eigenvalue weighted by molar-refractivity contribution is 6.33. The first-order chi connectivity index (χ1) is 8.50. The van der Waals surface area contributed by atoms with E-state index in [2.05, 4.69) is 0 Å². The third-order valence-corrected chi connectivity index (χ3v) is 2.71. The van der Waals surface area contributed by atoms with E-state index in [-0.39, 0.29) is 16.1 Å². The lowest BCUT2D eigenvalue weighted by Gasteiger charge is -2.06. The second-order valence-corrected chi connectivity index (χ2v) is 3.93. The molecule has 0 amide bonds. The topological polar surface area (TPSA) is 43.1 Å². The van der Waals surface area contributed by atoms with Crippen LogP contribution in [-0.4, -0.2) is 4.92 Å². The zero-order valence-electron chi connectivity index (χ0n) is 8.86. The van der Waals surface area contributed by atoms with Crippen LogP contribution in [0.1, 0.15) is 0 Å². The fraction of sp³-hybridized carbons (Fsp3) is 0. The molecule has 2 aromatic rings. The Balaban J connectivity index is 2.59. The van der Waals surface area contributed by atoms with Gasteiger partial charge in [0.15, 0.2) is 0 Å². The molecule has 6 heteroatoms. The van der Waals surface area contributed by atoms with Crippen molar-refractivity contribution < 1.29 is 13.7 Å². The molecular weight excluding hydrogens is 264 g/mol. The monoisotopic (exact) mass is 269 g/mol. The van der Waals surface area contributed by atoms with Crippen LogP contribution < -0.4 is 0 Å². The van der Waals surface area contributed by atoms with Gasteiger partial charge in [0.1, 0.15) is 5.82 Å². The van der Waals surface area contributed by atoms with E-state index in [9.17, 15) is 18.9 Å². The molecule has 0 atom stereocenters. The summed E-state index contributed by atoms with van der Waals surface area (Å²) < 4.78 is 27.0. The van der Waals surface area contributed by atoms with Crippen LogP contribution >= 0.6 is 11.6 Å². The van der Waals surface area contributed by atoms with Crippen molar-refractivity contribution >= 4 is 17.3 Å². The maximum absolute atomic E-state index is 13.6. The van der Waals surface area contributed by atoms with Gasteiger partial charge < -0.3 is 0 Å². The van der Waals surface area contributed by atoms with Crippen molar-refractivity contribution in [3.63, 3.8) is 0 Å². The van der Waals surface area contributed by atoms with E-state index in [0.29, 0.717) is 0 Å². The summed E-state index contributed by atoms with van der Waals surface area (Å²) in [4.78, 5) is 9.62. The van der Waals surface area contributed by atoms with Crippen LogP contribution in [0.4, 0.5) is 14.5 Å². The zero-order chi connectivity index (χ0) is 13.3. The lowest BCUT2D eigenvalue weighted by molar-refractivity contribution is -0.387. The quantitative estimate of drug-likeness (QED) is 0.606. The molecule has 2 rings (SSSR count). The van der Waals surface area contributed by atoms with Crippen molar-refractivity contribution in [1.29, 1.82) is 0 Å². The minimum absolute atomic E-state index is 0.0213.